The molecule has 0 aliphatic rings. The minimum absolute atomic E-state index is 0.0507. The first-order valence-electron chi connectivity index (χ1n) is 8.48. The number of hydrogen-bond acceptors (Lipinski definition) is 3. The molecule has 0 atom stereocenters. The van der Waals surface area contributed by atoms with E-state index in [1.54, 1.807) is 23.9 Å². The lowest BCUT2D eigenvalue weighted by Gasteiger charge is -2.04. The number of nitrogens with zero attached hydrogens (tertiary/aromatic N) is 2. The van der Waals surface area contributed by atoms with Gasteiger partial charge in [0.05, 0.1) is 26.8 Å². The number of rotatable bonds is 4. The average molecular weight is 395 g/mol. The summed E-state index contributed by atoms with van der Waals surface area (Å²) in [6.45, 7) is 0. The predicted octanol–water partition coefficient (Wildman–Crippen LogP) is 5.35. The zero-order valence-corrected chi connectivity index (χ0v) is 15.6. The number of para-hydroxylation sites is 1. The van der Waals surface area contributed by atoms with Crippen molar-refractivity contribution in [2.24, 2.45) is 7.05 Å². The van der Waals surface area contributed by atoms with Crippen LogP contribution < -0.4 is 5.32 Å². The normalized spacial score (nSPS) is 10.8. The highest BCUT2D eigenvalue weighted by Crippen LogP contribution is 2.34. The van der Waals surface area contributed by atoms with Gasteiger partial charge in [-0.15, -0.1) is 11.3 Å². The van der Waals surface area contributed by atoms with Crippen LogP contribution in [0.1, 0.15) is 9.67 Å². The lowest BCUT2D eigenvalue weighted by Crippen LogP contribution is -2.11. The topological polar surface area (TPSA) is 46.9 Å². The van der Waals surface area contributed by atoms with Crippen LogP contribution in [0.3, 0.4) is 0 Å². The predicted molar refractivity (Wildman–Crippen MR) is 106 cm³/mol. The van der Waals surface area contributed by atoms with E-state index in [0.29, 0.717) is 16.3 Å². The fourth-order valence-electron chi connectivity index (χ4n) is 2.83. The highest BCUT2D eigenvalue weighted by Gasteiger charge is 2.20. The molecule has 0 aliphatic heterocycles. The molecule has 0 aliphatic carbocycles. The van der Waals surface area contributed by atoms with Gasteiger partial charge in [0, 0.05) is 12.6 Å². The van der Waals surface area contributed by atoms with E-state index in [1.165, 1.54) is 18.2 Å². The van der Waals surface area contributed by atoms with Crippen LogP contribution in [0.15, 0.2) is 66.7 Å². The number of benzene rings is 2. The lowest BCUT2D eigenvalue weighted by atomic mass is 10.1. The second-order valence-corrected chi connectivity index (χ2v) is 7.18. The first-order valence-corrected chi connectivity index (χ1v) is 9.29. The maximum Gasteiger partial charge on any atom is 0.265 e. The molecule has 140 valence electrons. The molecule has 0 fully saturated rings. The Kier molecular flexibility index (Phi) is 4.75. The number of nitrogens with one attached hydrogen (secondary N) is 1. The number of carbonyl (C=O) groups excluding carboxylic acids is 1. The molecule has 0 saturated heterocycles. The van der Waals surface area contributed by atoms with Gasteiger partial charge < -0.3 is 5.32 Å². The molecule has 28 heavy (non-hydrogen) atoms. The summed E-state index contributed by atoms with van der Waals surface area (Å²) in [4.78, 5) is 12.9. The zero-order chi connectivity index (χ0) is 19.7. The summed E-state index contributed by atoms with van der Waals surface area (Å²) >= 11 is 0.998. The quantitative estimate of drug-likeness (QED) is 0.507. The van der Waals surface area contributed by atoms with Crippen LogP contribution in [0.2, 0.25) is 0 Å². The van der Waals surface area contributed by atoms with Crippen molar-refractivity contribution < 1.29 is 13.6 Å². The summed E-state index contributed by atoms with van der Waals surface area (Å²) in [6.07, 6.45) is 0. The van der Waals surface area contributed by atoms with Crippen LogP contribution >= 0.6 is 11.3 Å². The molecule has 0 unspecified atom stereocenters. The fraction of sp³-hybridized carbons (Fsp3) is 0.0476. The monoisotopic (exact) mass is 395 g/mol. The van der Waals surface area contributed by atoms with Gasteiger partial charge in [-0.3, -0.25) is 9.48 Å². The van der Waals surface area contributed by atoms with E-state index >= 15 is 0 Å². The number of carbonyl (C=O) groups is 1. The van der Waals surface area contributed by atoms with Gasteiger partial charge in [-0.05, 0) is 24.3 Å². The molecular formula is C21H15F2N3OS. The number of aryl methyl sites for hydroxylation is 1. The van der Waals surface area contributed by atoms with Gasteiger partial charge in [0.2, 0.25) is 0 Å². The van der Waals surface area contributed by atoms with E-state index in [2.05, 4.69) is 10.4 Å². The van der Waals surface area contributed by atoms with Gasteiger partial charge in [0.25, 0.3) is 5.91 Å². The van der Waals surface area contributed by atoms with Gasteiger partial charge in [0.15, 0.2) is 0 Å². The molecule has 1 amide bonds. The van der Waals surface area contributed by atoms with Crippen molar-refractivity contribution in [3.05, 3.63) is 83.2 Å². The summed E-state index contributed by atoms with van der Waals surface area (Å²) in [5.41, 5.74) is 2.24. The van der Waals surface area contributed by atoms with Gasteiger partial charge >= 0.3 is 0 Å². The van der Waals surface area contributed by atoms with Crippen molar-refractivity contribution in [2.75, 3.05) is 5.32 Å². The molecule has 2 heterocycles. The van der Waals surface area contributed by atoms with Crippen LogP contribution in [0, 0.1) is 11.6 Å². The first-order chi connectivity index (χ1) is 13.5. The molecule has 7 heteroatoms. The highest BCUT2D eigenvalue weighted by molar-refractivity contribution is 7.17. The Bertz CT molecular complexity index is 1150. The Labute approximate surface area is 164 Å². The fourth-order valence-corrected chi connectivity index (χ4v) is 3.81. The number of aromatic nitrogens is 2. The molecule has 0 spiro atoms. The number of thiophene rings is 1. The van der Waals surface area contributed by atoms with Crippen molar-refractivity contribution in [1.82, 2.24) is 9.78 Å². The summed E-state index contributed by atoms with van der Waals surface area (Å²) in [6, 6.07) is 18.3. The number of anilines is 1. The second-order valence-electron chi connectivity index (χ2n) is 6.13. The van der Waals surface area contributed by atoms with Crippen molar-refractivity contribution >= 4 is 22.9 Å². The van der Waals surface area contributed by atoms with Crippen molar-refractivity contribution in [3.8, 4) is 21.8 Å². The summed E-state index contributed by atoms with van der Waals surface area (Å²) in [5.74, 6) is -1.63. The minimum atomic E-state index is -0.564. The molecule has 0 radical (unpaired) electrons. The summed E-state index contributed by atoms with van der Waals surface area (Å²) in [5, 5.41) is 6.91. The average Bonchev–Trinajstić information content (AvgIpc) is 3.27. The molecule has 0 bridgehead atoms. The van der Waals surface area contributed by atoms with Crippen LogP contribution in [-0.2, 0) is 7.05 Å². The standard InChI is InChI=1S/C21H15F2N3OS/c1-26-18(12-17(25-26)13-7-3-2-4-8-13)20-15(23)11-19(28-20)21(27)24-16-10-6-5-9-14(16)22/h2-12H,1H3,(H,24,27). The third-order valence-electron chi connectivity index (χ3n) is 4.21. The van der Waals surface area contributed by atoms with Crippen molar-refractivity contribution in [1.29, 1.82) is 0 Å². The Hall–Kier alpha value is -3.32. The van der Waals surface area contributed by atoms with E-state index in [0.717, 1.165) is 23.0 Å². The highest BCUT2D eigenvalue weighted by atomic mass is 32.1. The van der Waals surface area contributed by atoms with Gasteiger partial charge in [0.1, 0.15) is 11.6 Å². The van der Waals surface area contributed by atoms with E-state index in [1.807, 2.05) is 30.3 Å². The Morgan fingerprint density at radius 2 is 1.71 bits per heavy atom. The maximum atomic E-state index is 14.6. The SMILES string of the molecule is Cn1nc(-c2ccccc2)cc1-c1sc(C(=O)Nc2ccccc2F)cc1F. The molecule has 2 aromatic heterocycles. The lowest BCUT2D eigenvalue weighted by molar-refractivity contribution is 0.102. The van der Waals surface area contributed by atoms with Gasteiger partial charge in [-0.1, -0.05) is 42.5 Å². The Morgan fingerprint density at radius 3 is 2.46 bits per heavy atom. The number of halogens is 2. The number of amides is 1. The van der Waals surface area contributed by atoms with E-state index < -0.39 is 17.5 Å². The van der Waals surface area contributed by atoms with Crippen molar-refractivity contribution in [3.63, 3.8) is 0 Å². The molecular weight excluding hydrogens is 380 g/mol. The smallest absolute Gasteiger partial charge is 0.265 e. The Balaban J connectivity index is 1.64. The molecule has 4 aromatic rings. The van der Waals surface area contributed by atoms with Gasteiger partial charge in [-0.25, -0.2) is 8.78 Å². The summed E-state index contributed by atoms with van der Waals surface area (Å²) < 4.78 is 29.9. The molecule has 4 rings (SSSR count). The van der Waals surface area contributed by atoms with Crippen molar-refractivity contribution in [2.45, 2.75) is 0 Å². The van der Waals surface area contributed by atoms with Crippen LogP contribution in [0.5, 0.6) is 0 Å². The Morgan fingerprint density at radius 1 is 1.00 bits per heavy atom. The third-order valence-corrected chi connectivity index (χ3v) is 5.35. The zero-order valence-electron chi connectivity index (χ0n) is 14.8. The first kappa shape index (κ1) is 18.1. The second kappa shape index (κ2) is 7.36. The minimum Gasteiger partial charge on any atom is -0.319 e. The maximum absolute atomic E-state index is 14.6. The van der Waals surface area contributed by atoms with Gasteiger partial charge in [-0.2, -0.15) is 5.10 Å². The van der Waals surface area contributed by atoms with Crippen LogP contribution in [0.25, 0.3) is 21.8 Å². The number of hydrogen-bond donors (Lipinski definition) is 1. The van der Waals surface area contributed by atoms with E-state index in [4.69, 9.17) is 0 Å². The molecule has 4 nitrogen and oxygen atoms in total. The van der Waals surface area contributed by atoms with Crippen LogP contribution in [0.4, 0.5) is 14.5 Å². The van der Waals surface area contributed by atoms with E-state index in [-0.39, 0.29) is 10.6 Å². The molecule has 2 aromatic carbocycles. The van der Waals surface area contributed by atoms with Crippen LogP contribution in [-0.4, -0.2) is 15.7 Å². The summed E-state index contributed by atoms with van der Waals surface area (Å²) in [7, 11) is 1.72. The molecule has 1 N–H and O–H groups in total. The van der Waals surface area contributed by atoms with E-state index in [9.17, 15) is 13.6 Å². The third kappa shape index (κ3) is 3.44. The molecule has 0 saturated carbocycles. The largest absolute Gasteiger partial charge is 0.319 e.